The average Bonchev–Trinajstić information content (AvgIpc) is 3.26. The zero-order valence-electron chi connectivity index (χ0n) is 40.9. The van der Waals surface area contributed by atoms with Gasteiger partial charge in [0.05, 0.1) is 25.4 Å². The van der Waals surface area contributed by atoms with Crippen LogP contribution in [0.4, 0.5) is 0 Å². The van der Waals surface area contributed by atoms with Crippen molar-refractivity contribution in [2.45, 2.75) is 302 Å². The van der Waals surface area contributed by atoms with Crippen molar-refractivity contribution < 1.29 is 24.5 Å². The summed E-state index contributed by atoms with van der Waals surface area (Å²) in [5, 5.41) is 23.2. The lowest BCUT2D eigenvalue weighted by Crippen LogP contribution is -2.45. The summed E-state index contributed by atoms with van der Waals surface area (Å²) in [4.78, 5) is 24.5. The summed E-state index contributed by atoms with van der Waals surface area (Å²) in [5.74, 6) is -0.0829. The molecule has 0 heterocycles. The Kier molecular flexibility index (Phi) is 49.6. The van der Waals surface area contributed by atoms with E-state index >= 15 is 0 Å². The van der Waals surface area contributed by atoms with E-state index in [4.69, 9.17) is 4.74 Å². The molecule has 0 aliphatic rings. The van der Waals surface area contributed by atoms with Crippen LogP contribution in [0.2, 0.25) is 0 Å². The van der Waals surface area contributed by atoms with Gasteiger partial charge in [0, 0.05) is 12.8 Å². The van der Waals surface area contributed by atoms with E-state index < -0.39 is 12.1 Å². The topological polar surface area (TPSA) is 95.9 Å². The van der Waals surface area contributed by atoms with E-state index in [1.165, 1.54) is 193 Å². The van der Waals surface area contributed by atoms with Gasteiger partial charge in [-0.3, -0.25) is 9.59 Å². The Hall–Kier alpha value is -1.66. The maximum Gasteiger partial charge on any atom is 0.305 e. The number of amides is 1. The predicted molar refractivity (Wildman–Crippen MR) is 264 cm³/mol. The summed E-state index contributed by atoms with van der Waals surface area (Å²) >= 11 is 0. The molecule has 6 heteroatoms. The molecule has 0 rings (SSSR count). The third kappa shape index (κ3) is 47.7. The number of carbonyl (C=O) groups is 2. The highest BCUT2D eigenvalue weighted by molar-refractivity contribution is 5.76. The number of carbonyl (C=O) groups excluding carboxylic acids is 2. The van der Waals surface area contributed by atoms with Gasteiger partial charge in [0.2, 0.25) is 5.91 Å². The lowest BCUT2D eigenvalue weighted by Gasteiger charge is -2.22. The van der Waals surface area contributed by atoms with Gasteiger partial charge in [-0.2, -0.15) is 0 Å². The Morgan fingerprint density at radius 1 is 0.459 bits per heavy atom. The molecule has 0 saturated heterocycles. The number of nitrogens with one attached hydrogen (secondary N) is 1. The Balaban J connectivity index is 3.47. The SMILES string of the molecule is CCCCCC/C=C\C/C=C\CCCCCCCCCC(=O)OCCCCCCCCCCCCC(=O)NC(CO)C(O)CCCCCCCCCCCCCCCCCC. The maximum absolute atomic E-state index is 12.5. The number of esters is 1. The largest absolute Gasteiger partial charge is 0.466 e. The number of hydrogen-bond acceptors (Lipinski definition) is 5. The van der Waals surface area contributed by atoms with Crippen molar-refractivity contribution in [2.75, 3.05) is 13.2 Å². The van der Waals surface area contributed by atoms with Gasteiger partial charge in [0.1, 0.15) is 0 Å². The van der Waals surface area contributed by atoms with Gasteiger partial charge < -0.3 is 20.3 Å². The number of unbranched alkanes of at least 4 members (excludes halogenated alkanes) is 35. The van der Waals surface area contributed by atoms with Gasteiger partial charge >= 0.3 is 5.97 Å². The third-order valence-electron chi connectivity index (χ3n) is 12.5. The fourth-order valence-electron chi connectivity index (χ4n) is 8.32. The molecule has 0 fully saturated rings. The normalized spacial score (nSPS) is 12.8. The van der Waals surface area contributed by atoms with Crippen LogP contribution >= 0.6 is 0 Å². The summed E-state index contributed by atoms with van der Waals surface area (Å²) in [6, 6.07) is -0.559. The molecule has 360 valence electrons. The molecule has 0 aromatic carbocycles. The van der Waals surface area contributed by atoms with E-state index in [1.807, 2.05) is 0 Å². The molecule has 2 atom stereocenters. The molecular weight excluding hydrogens is 755 g/mol. The molecule has 0 aromatic rings. The quantitative estimate of drug-likeness (QED) is 0.0322. The minimum absolute atomic E-state index is 0.0258. The minimum Gasteiger partial charge on any atom is -0.466 e. The fraction of sp³-hybridized carbons (Fsp3) is 0.891. The van der Waals surface area contributed by atoms with Crippen LogP contribution in [-0.4, -0.2) is 47.4 Å². The van der Waals surface area contributed by atoms with Crippen molar-refractivity contribution in [2.24, 2.45) is 0 Å². The van der Waals surface area contributed by atoms with Gasteiger partial charge in [-0.1, -0.05) is 244 Å². The molecule has 2 unspecified atom stereocenters. The van der Waals surface area contributed by atoms with Crippen LogP contribution in [0.3, 0.4) is 0 Å². The van der Waals surface area contributed by atoms with Crippen LogP contribution in [-0.2, 0) is 14.3 Å². The smallest absolute Gasteiger partial charge is 0.305 e. The second kappa shape index (κ2) is 51.0. The highest BCUT2D eigenvalue weighted by Crippen LogP contribution is 2.17. The molecule has 0 aliphatic heterocycles. The molecule has 0 aromatic heterocycles. The van der Waals surface area contributed by atoms with E-state index in [-0.39, 0.29) is 18.5 Å². The van der Waals surface area contributed by atoms with Crippen LogP contribution in [0.25, 0.3) is 0 Å². The summed E-state index contributed by atoms with van der Waals surface area (Å²) in [6.45, 7) is 4.89. The minimum atomic E-state index is -0.679. The van der Waals surface area contributed by atoms with Crippen LogP contribution in [0, 0.1) is 0 Å². The molecular formula is C55H105NO5. The first-order chi connectivity index (χ1) is 30.0. The Morgan fingerprint density at radius 2 is 0.820 bits per heavy atom. The van der Waals surface area contributed by atoms with Gasteiger partial charge in [0.15, 0.2) is 0 Å². The highest BCUT2D eigenvalue weighted by atomic mass is 16.5. The average molecular weight is 860 g/mol. The lowest BCUT2D eigenvalue weighted by molar-refractivity contribution is -0.143. The first-order valence-electron chi connectivity index (χ1n) is 27.1. The summed E-state index contributed by atoms with van der Waals surface area (Å²) in [5.41, 5.74) is 0. The van der Waals surface area contributed by atoms with Gasteiger partial charge in [-0.05, 0) is 57.8 Å². The second-order valence-corrected chi connectivity index (χ2v) is 18.6. The summed E-state index contributed by atoms with van der Waals surface area (Å²) in [6.07, 6.45) is 60.0. The molecule has 6 nitrogen and oxygen atoms in total. The molecule has 0 spiro atoms. The summed E-state index contributed by atoms with van der Waals surface area (Å²) < 4.78 is 5.46. The van der Waals surface area contributed by atoms with E-state index in [0.717, 1.165) is 64.2 Å². The molecule has 3 N–H and O–H groups in total. The maximum atomic E-state index is 12.5. The second-order valence-electron chi connectivity index (χ2n) is 18.6. The van der Waals surface area contributed by atoms with Gasteiger partial charge in [0.25, 0.3) is 0 Å². The van der Waals surface area contributed by atoms with E-state index in [0.29, 0.717) is 25.9 Å². The highest BCUT2D eigenvalue weighted by Gasteiger charge is 2.20. The van der Waals surface area contributed by atoms with Crippen LogP contribution in [0.1, 0.15) is 290 Å². The van der Waals surface area contributed by atoms with Crippen molar-refractivity contribution in [3.63, 3.8) is 0 Å². The summed E-state index contributed by atoms with van der Waals surface area (Å²) in [7, 11) is 0. The number of hydrogen-bond donors (Lipinski definition) is 3. The first kappa shape index (κ1) is 59.3. The molecule has 61 heavy (non-hydrogen) atoms. The van der Waals surface area contributed by atoms with Gasteiger partial charge in [-0.25, -0.2) is 0 Å². The number of aliphatic hydroxyl groups is 2. The van der Waals surface area contributed by atoms with Crippen molar-refractivity contribution >= 4 is 11.9 Å². The monoisotopic (exact) mass is 860 g/mol. The van der Waals surface area contributed by atoms with E-state index in [9.17, 15) is 19.8 Å². The van der Waals surface area contributed by atoms with Crippen LogP contribution in [0.15, 0.2) is 24.3 Å². The van der Waals surface area contributed by atoms with E-state index in [1.54, 1.807) is 0 Å². The first-order valence-corrected chi connectivity index (χ1v) is 27.1. The predicted octanol–water partition coefficient (Wildman–Crippen LogP) is 16.3. The molecule has 0 radical (unpaired) electrons. The molecule has 0 saturated carbocycles. The van der Waals surface area contributed by atoms with Crippen molar-refractivity contribution in [3.05, 3.63) is 24.3 Å². The van der Waals surface area contributed by atoms with Crippen molar-refractivity contribution in [3.8, 4) is 0 Å². The number of ether oxygens (including phenoxy) is 1. The zero-order valence-corrected chi connectivity index (χ0v) is 40.9. The van der Waals surface area contributed by atoms with Crippen LogP contribution in [0.5, 0.6) is 0 Å². The standard InChI is InChI=1S/C55H105NO5/c1-3-5-7-9-11-13-15-17-19-21-22-24-26-28-33-37-41-45-49-55(60)61-50-46-42-38-34-30-29-32-36-40-44-48-54(59)56-52(51-57)53(58)47-43-39-35-31-27-25-23-20-18-16-14-12-10-8-6-4-2/h13,15,19,21,52-53,57-58H,3-12,14,16-18,20,22-51H2,1-2H3,(H,56,59)/b15-13-,21-19-. The number of aliphatic hydroxyl groups excluding tert-OH is 2. The van der Waals surface area contributed by atoms with E-state index in [2.05, 4.69) is 43.5 Å². The molecule has 0 aliphatic carbocycles. The Bertz CT molecular complexity index is 951. The third-order valence-corrected chi connectivity index (χ3v) is 12.5. The number of rotatable bonds is 50. The number of allylic oxidation sites excluding steroid dienone is 4. The van der Waals surface area contributed by atoms with Gasteiger partial charge in [-0.15, -0.1) is 0 Å². The van der Waals surface area contributed by atoms with Crippen molar-refractivity contribution in [1.29, 1.82) is 0 Å². The lowest BCUT2D eigenvalue weighted by atomic mass is 10.0. The fourth-order valence-corrected chi connectivity index (χ4v) is 8.32. The molecule has 1 amide bonds. The molecule has 0 bridgehead atoms. The van der Waals surface area contributed by atoms with Crippen LogP contribution < -0.4 is 5.32 Å². The van der Waals surface area contributed by atoms with Crippen molar-refractivity contribution in [1.82, 2.24) is 5.32 Å². The Labute approximate surface area is 380 Å². The zero-order chi connectivity index (χ0) is 44.4. The Morgan fingerprint density at radius 3 is 1.26 bits per heavy atom.